The van der Waals surface area contributed by atoms with Crippen molar-refractivity contribution >= 4 is 40.4 Å². The van der Waals surface area contributed by atoms with Crippen molar-refractivity contribution in [2.45, 2.75) is 24.7 Å². The molecule has 1 N–H and O–H groups in total. The fourth-order valence-electron chi connectivity index (χ4n) is 5.55. The first kappa shape index (κ1) is 31.4. The van der Waals surface area contributed by atoms with Crippen LogP contribution >= 0.6 is 23.5 Å². The Bertz CT molecular complexity index is 2110. The lowest BCUT2D eigenvalue weighted by Crippen LogP contribution is -1.98. The van der Waals surface area contributed by atoms with Gasteiger partial charge in [-0.15, -0.1) is 0 Å². The van der Waals surface area contributed by atoms with Gasteiger partial charge in [0.1, 0.15) is 5.82 Å². The van der Waals surface area contributed by atoms with Gasteiger partial charge >= 0.3 is 5.97 Å². The van der Waals surface area contributed by atoms with Gasteiger partial charge in [-0.1, -0.05) is 66.2 Å². The van der Waals surface area contributed by atoms with Gasteiger partial charge in [0.15, 0.2) is 0 Å². The maximum atomic E-state index is 14.9. The second kappa shape index (κ2) is 12.7. The standard InChI is InChI=1S/C36H23ClF5NO2S/c1-19-4-2-7-27(35(41)42)31(19)32-28-18-24(38)11-15-30(28)43(46-25-12-8-20(9-13-25)34(39)40)33(32)22-6-3-5-21(16-22)26-14-10-23(36(44)45)17-29(26)37/h2-18,34-35H,1H3,(H,44,45). The van der Waals surface area contributed by atoms with Gasteiger partial charge in [0.2, 0.25) is 0 Å². The molecule has 0 unspecified atom stereocenters. The Morgan fingerprint density at radius 3 is 2.20 bits per heavy atom. The molecule has 0 aliphatic carbocycles. The predicted octanol–water partition coefficient (Wildman–Crippen LogP) is 11.9. The van der Waals surface area contributed by atoms with Crippen LogP contribution in [0.4, 0.5) is 22.0 Å². The lowest BCUT2D eigenvalue weighted by molar-refractivity contribution is 0.0696. The molecule has 0 fully saturated rings. The SMILES string of the molecule is Cc1cccc(C(F)F)c1-c1c(-c2cccc(-c3ccc(C(=O)O)cc3Cl)c2)n(Sc2ccc(C(F)F)cc2)c2ccc(F)cc12. The molecule has 6 rings (SSSR count). The summed E-state index contributed by atoms with van der Waals surface area (Å²) in [6.45, 7) is 1.71. The van der Waals surface area contributed by atoms with Crippen LogP contribution in [0.5, 0.6) is 0 Å². The summed E-state index contributed by atoms with van der Waals surface area (Å²) in [6, 6.07) is 26.0. The summed E-state index contributed by atoms with van der Waals surface area (Å²) >= 11 is 7.69. The first-order chi connectivity index (χ1) is 22.0. The highest BCUT2D eigenvalue weighted by Gasteiger charge is 2.27. The normalized spacial score (nSPS) is 11.6. The average Bonchev–Trinajstić information content (AvgIpc) is 3.33. The van der Waals surface area contributed by atoms with Crippen molar-refractivity contribution in [3.05, 3.63) is 136 Å². The third kappa shape index (κ3) is 5.88. The highest BCUT2D eigenvalue weighted by atomic mass is 35.5. The molecule has 0 spiro atoms. The highest BCUT2D eigenvalue weighted by Crippen LogP contribution is 2.48. The first-order valence-corrected chi connectivity index (χ1v) is 15.1. The molecule has 5 aromatic carbocycles. The Morgan fingerprint density at radius 1 is 0.804 bits per heavy atom. The van der Waals surface area contributed by atoms with E-state index in [0.29, 0.717) is 49.3 Å². The van der Waals surface area contributed by atoms with Crippen LogP contribution in [0.25, 0.3) is 44.4 Å². The third-order valence-corrected chi connectivity index (χ3v) is 9.03. The number of alkyl halides is 4. The van der Waals surface area contributed by atoms with Gasteiger partial charge in [-0.2, -0.15) is 0 Å². The molecule has 6 aromatic rings. The van der Waals surface area contributed by atoms with E-state index in [2.05, 4.69) is 0 Å². The van der Waals surface area contributed by atoms with Crippen molar-refractivity contribution in [3.8, 4) is 33.5 Å². The minimum absolute atomic E-state index is 0.0164. The van der Waals surface area contributed by atoms with Gasteiger partial charge in [0.05, 0.1) is 16.8 Å². The molecule has 0 saturated carbocycles. The van der Waals surface area contributed by atoms with Crippen molar-refractivity contribution in [1.29, 1.82) is 0 Å². The lowest BCUT2D eigenvalue weighted by Gasteiger charge is -2.17. The summed E-state index contributed by atoms with van der Waals surface area (Å²) in [5.41, 5.74) is 3.56. The van der Waals surface area contributed by atoms with Gasteiger partial charge < -0.3 is 5.11 Å². The fraction of sp³-hybridized carbons (Fsp3) is 0.0833. The van der Waals surface area contributed by atoms with Crippen LogP contribution in [0.1, 0.15) is 39.9 Å². The van der Waals surface area contributed by atoms with Crippen molar-refractivity contribution in [2.75, 3.05) is 0 Å². The van der Waals surface area contributed by atoms with E-state index >= 15 is 0 Å². The maximum Gasteiger partial charge on any atom is 0.335 e. The topological polar surface area (TPSA) is 42.2 Å². The zero-order chi connectivity index (χ0) is 32.7. The summed E-state index contributed by atoms with van der Waals surface area (Å²) in [7, 11) is 0. The Morgan fingerprint density at radius 2 is 1.52 bits per heavy atom. The van der Waals surface area contributed by atoms with Crippen molar-refractivity contribution < 1.29 is 31.9 Å². The van der Waals surface area contributed by atoms with E-state index in [1.807, 2.05) is 0 Å². The largest absolute Gasteiger partial charge is 0.478 e. The lowest BCUT2D eigenvalue weighted by atomic mass is 9.90. The summed E-state index contributed by atoms with van der Waals surface area (Å²) in [6.07, 6.45) is -5.48. The quantitative estimate of drug-likeness (QED) is 0.165. The van der Waals surface area contributed by atoms with Gasteiger partial charge in [0, 0.05) is 43.1 Å². The van der Waals surface area contributed by atoms with Crippen LogP contribution in [0.2, 0.25) is 5.02 Å². The predicted molar refractivity (Wildman–Crippen MR) is 173 cm³/mol. The molecule has 3 nitrogen and oxygen atoms in total. The van der Waals surface area contributed by atoms with E-state index < -0.39 is 24.6 Å². The summed E-state index contributed by atoms with van der Waals surface area (Å²) in [4.78, 5) is 12.1. The monoisotopic (exact) mass is 663 g/mol. The molecule has 0 aliphatic rings. The number of hydrogen-bond acceptors (Lipinski definition) is 2. The van der Waals surface area contributed by atoms with E-state index in [-0.39, 0.29) is 27.3 Å². The molecule has 0 saturated heterocycles. The third-order valence-electron chi connectivity index (χ3n) is 7.67. The number of halogens is 6. The van der Waals surface area contributed by atoms with Gasteiger partial charge in [-0.25, -0.2) is 26.7 Å². The van der Waals surface area contributed by atoms with Crippen molar-refractivity contribution in [3.63, 3.8) is 0 Å². The minimum Gasteiger partial charge on any atom is -0.478 e. The number of aromatic carboxylic acids is 1. The van der Waals surface area contributed by atoms with E-state index in [4.69, 9.17) is 11.6 Å². The molecule has 1 aromatic heterocycles. The van der Waals surface area contributed by atoms with Crippen LogP contribution in [0.15, 0.2) is 108 Å². The van der Waals surface area contributed by atoms with Crippen LogP contribution in [-0.2, 0) is 0 Å². The summed E-state index contributed by atoms with van der Waals surface area (Å²) < 4.78 is 72.5. The van der Waals surface area contributed by atoms with E-state index in [0.717, 1.165) is 0 Å². The molecule has 232 valence electrons. The van der Waals surface area contributed by atoms with Gasteiger partial charge in [0.25, 0.3) is 12.9 Å². The number of fused-ring (bicyclic) bond motifs is 1. The van der Waals surface area contributed by atoms with Crippen molar-refractivity contribution in [2.24, 2.45) is 0 Å². The van der Waals surface area contributed by atoms with Gasteiger partial charge in [-0.3, -0.25) is 3.97 Å². The average molecular weight is 664 g/mol. The Kier molecular flexibility index (Phi) is 8.63. The molecular formula is C36H23ClF5NO2S. The molecule has 0 aliphatic heterocycles. The highest BCUT2D eigenvalue weighted by molar-refractivity contribution is 7.98. The van der Waals surface area contributed by atoms with Crippen LogP contribution < -0.4 is 0 Å². The number of aryl methyl sites for hydroxylation is 1. The molecule has 1 heterocycles. The van der Waals surface area contributed by atoms with Crippen LogP contribution in [-0.4, -0.2) is 15.0 Å². The maximum absolute atomic E-state index is 14.9. The number of rotatable bonds is 8. The van der Waals surface area contributed by atoms with E-state index in [1.165, 1.54) is 54.4 Å². The van der Waals surface area contributed by atoms with E-state index in [9.17, 15) is 31.9 Å². The smallest absolute Gasteiger partial charge is 0.335 e. The zero-order valence-electron chi connectivity index (χ0n) is 23.9. The molecule has 0 atom stereocenters. The number of hydrogen-bond donors (Lipinski definition) is 1. The van der Waals surface area contributed by atoms with Crippen LogP contribution in [0.3, 0.4) is 0 Å². The summed E-state index contributed by atoms with van der Waals surface area (Å²) in [5, 5.41) is 9.98. The second-order valence-electron chi connectivity index (χ2n) is 10.6. The zero-order valence-corrected chi connectivity index (χ0v) is 25.5. The molecule has 10 heteroatoms. The van der Waals surface area contributed by atoms with Crippen molar-refractivity contribution in [1.82, 2.24) is 3.97 Å². The second-order valence-corrected chi connectivity index (χ2v) is 12.0. The molecular weight excluding hydrogens is 641 g/mol. The molecule has 0 amide bonds. The molecule has 0 bridgehead atoms. The Hall–Kier alpha value is -4.60. The number of benzene rings is 5. The van der Waals surface area contributed by atoms with Gasteiger partial charge in [-0.05, 0) is 84.1 Å². The number of nitrogens with zero attached hydrogens (tertiary/aromatic N) is 1. The summed E-state index contributed by atoms with van der Waals surface area (Å²) in [5.74, 6) is -1.69. The number of carboxylic acid groups (broad SMARTS) is 1. The molecule has 46 heavy (non-hydrogen) atoms. The number of carboxylic acids is 1. The fourth-order valence-corrected chi connectivity index (χ4v) is 6.86. The Labute approximate surface area is 270 Å². The molecule has 0 radical (unpaired) electrons. The minimum atomic E-state index is -2.83. The van der Waals surface area contributed by atoms with E-state index in [1.54, 1.807) is 71.6 Å². The first-order valence-electron chi connectivity index (χ1n) is 14.0. The number of carbonyl (C=O) groups is 1. The van der Waals surface area contributed by atoms with Crippen LogP contribution in [0, 0.1) is 12.7 Å². The Balaban J connectivity index is 1.67. The number of aromatic nitrogens is 1.